The molecule has 0 radical (unpaired) electrons. The van der Waals surface area contributed by atoms with Crippen molar-refractivity contribution in [2.24, 2.45) is 0 Å². The van der Waals surface area contributed by atoms with Crippen molar-refractivity contribution >= 4 is 28.6 Å². The molecule has 0 aromatic heterocycles. The minimum Gasteiger partial charge on any atom is -0.479 e. The van der Waals surface area contributed by atoms with Crippen molar-refractivity contribution in [2.45, 2.75) is 36.3 Å². The molecule has 1 aliphatic heterocycles. The number of halogens is 1. The van der Waals surface area contributed by atoms with Crippen molar-refractivity contribution in [3.63, 3.8) is 0 Å². The Labute approximate surface area is 86.3 Å². The maximum absolute atomic E-state index is 11.0. The van der Waals surface area contributed by atoms with E-state index in [0.29, 0.717) is 6.04 Å². The number of hydrogen-bond acceptors (Lipinski definition) is 2. The third-order valence-corrected chi connectivity index (χ3v) is 3.93. The average molecular weight is 283 g/mol. The Kier molecular flexibility index (Phi) is 2.98. The second kappa shape index (κ2) is 3.49. The second-order valence-corrected chi connectivity index (χ2v) is 5.24. The molecule has 0 aromatic carbocycles. The van der Waals surface area contributed by atoms with E-state index in [4.69, 9.17) is 5.11 Å². The largest absolute Gasteiger partial charge is 0.479 e. The maximum Gasteiger partial charge on any atom is 0.334 e. The smallest absolute Gasteiger partial charge is 0.334 e. The van der Waals surface area contributed by atoms with E-state index >= 15 is 0 Å². The SMILES string of the molecule is CC(C)N1CCCC1(I)C(=O)O. The topological polar surface area (TPSA) is 40.5 Å². The number of likely N-dealkylation sites (tertiary alicyclic amines) is 1. The highest BCUT2D eigenvalue weighted by atomic mass is 127. The van der Waals surface area contributed by atoms with Crippen LogP contribution in [0.25, 0.3) is 0 Å². The normalized spacial score (nSPS) is 31.3. The van der Waals surface area contributed by atoms with E-state index in [2.05, 4.69) is 27.5 Å². The fourth-order valence-electron chi connectivity index (χ4n) is 1.70. The van der Waals surface area contributed by atoms with Crippen molar-refractivity contribution in [1.82, 2.24) is 4.90 Å². The Balaban J connectivity index is 2.81. The number of carboxylic acid groups (broad SMARTS) is 1. The molecule has 4 heteroatoms. The summed E-state index contributed by atoms with van der Waals surface area (Å²) in [5.41, 5.74) is 0. The van der Waals surface area contributed by atoms with Crippen molar-refractivity contribution in [3.05, 3.63) is 0 Å². The van der Waals surface area contributed by atoms with Gasteiger partial charge in [0.15, 0.2) is 3.55 Å². The highest BCUT2D eigenvalue weighted by molar-refractivity contribution is 14.1. The molecule has 1 unspecified atom stereocenters. The predicted octanol–water partition coefficient (Wildman–Crippen LogP) is 1.71. The number of nitrogens with zero attached hydrogens (tertiary/aromatic N) is 1. The molecule has 0 aliphatic carbocycles. The molecule has 0 bridgehead atoms. The number of carboxylic acids is 1. The van der Waals surface area contributed by atoms with Crippen LogP contribution in [0.2, 0.25) is 0 Å². The molecule has 1 heterocycles. The van der Waals surface area contributed by atoms with Gasteiger partial charge in [0.05, 0.1) is 0 Å². The molecule has 1 fully saturated rings. The Morgan fingerprint density at radius 3 is 2.58 bits per heavy atom. The minimum absolute atomic E-state index is 0.320. The lowest BCUT2D eigenvalue weighted by Crippen LogP contribution is -2.48. The van der Waals surface area contributed by atoms with Crippen molar-refractivity contribution in [3.8, 4) is 0 Å². The zero-order valence-electron chi connectivity index (χ0n) is 7.38. The quantitative estimate of drug-likeness (QED) is 0.476. The molecule has 12 heavy (non-hydrogen) atoms. The number of aliphatic carboxylic acids is 1. The first kappa shape index (κ1) is 10.2. The van der Waals surface area contributed by atoms with Gasteiger partial charge in [0.25, 0.3) is 0 Å². The fourth-order valence-corrected chi connectivity index (χ4v) is 2.88. The van der Waals surface area contributed by atoms with Crippen LogP contribution in [0.15, 0.2) is 0 Å². The Bertz CT molecular complexity index is 195. The van der Waals surface area contributed by atoms with Gasteiger partial charge in [0.1, 0.15) is 0 Å². The molecule has 3 nitrogen and oxygen atoms in total. The van der Waals surface area contributed by atoms with E-state index in [9.17, 15) is 4.79 Å². The molecular weight excluding hydrogens is 269 g/mol. The zero-order valence-corrected chi connectivity index (χ0v) is 9.54. The molecule has 0 saturated carbocycles. The van der Waals surface area contributed by atoms with Gasteiger partial charge in [0.2, 0.25) is 0 Å². The van der Waals surface area contributed by atoms with Gasteiger partial charge in [-0.2, -0.15) is 0 Å². The number of carbonyl (C=O) groups is 1. The van der Waals surface area contributed by atoms with Crippen LogP contribution in [-0.4, -0.2) is 32.1 Å². The first-order valence-corrected chi connectivity index (χ1v) is 5.25. The molecule has 1 rings (SSSR count). The summed E-state index contributed by atoms with van der Waals surface area (Å²) >= 11 is 2.06. The van der Waals surface area contributed by atoms with Crippen LogP contribution >= 0.6 is 22.6 Å². The van der Waals surface area contributed by atoms with Crippen molar-refractivity contribution in [2.75, 3.05) is 6.54 Å². The molecule has 0 aromatic rings. The van der Waals surface area contributed by atoms with Crippen molar-refractivity contribution in [1.29, 1.82) is 0 Å². The van der Waals surface area contributed by atoms with E-state index in [0.717, 1.165) is 19.4 Å². The van der Waals surface area contributed by atoms with Gasteiger partial charge >= 0.3 is 5.97 Å². The molecule has 1 aliphatic rings. The summed E-state index contributed by atoms with van der Waals surface area (Å²) in [7, 11) is 0. The summed E-state index contributed by atoms with van der Waals surface area (Å²) in [6.07, 6.45) is 1.76. The summed E-state index contributed by atoms with van der Waals surface area (Å²) in [4.78, 5) is 13.0. The van der Waals surface area contributed by atoms with Gasteiger partial charge in [-0.3, -0.25) is 4.90 Å². The van der Waals surface area contributed by atoms with Crippen LogP contribution < -0.4 is 0 Å². The molecule has 1 atom stereocenters. The summed E-state index contributed by atoms with van der Waals surface area (Å²) in [5.74, 6) is -0.700. The highest BCUT2D eigenvalue weighted by Gasteiger charge is 2.46. The van der Waals surface area contributed by atoms with Gasteiger partial charge < -0.3 is 5.11 Å². The summed E-state index contributed by atoms with van der Waals surface area (Å²) < 4.78 is -0.647. The van der Waals surface area contributed by atoms with Gasteiger partial charge in [-0.05, 0) is 49.3 Å². The molecule has 0 amide bonds. The Morgan fingerprint density at radius 2 is 2.25 bits per heavy atom. The number of alkyl halides is 1. The van der Waals surface area contributed by atoms with E-state index in [1.807, 2.05) is 13.8 Å². The number of hydrogen-bond donors (Lipinski definition) is 1. The predicted molar refractivity (Wildman–Crippen MR) is 55.5 cm³/mol. The lowest BCUT2D eigenvalue weighted by atomic mass is 10.2. The van der Waals surface area contributed by atoms with Crippen LogP contribution in [0.5, 0.6) is 0 Å². The van der Waals surface area contributed by atoms with Crippen LogP contribution in [-0.2, 0) is 4.79 Å². The van der Waals surface area contributed by atoms with Gasteiger partial charge in [-0.25, -0.2) is 4.79 Å². The molecule has 1 saturated heterocycles. The standard InChI is InChI=1S/C8H14INO2/c1-6(2)10-5-3-4-8(10,9)7(11)12/h6H,3-5H2,1-2H3,(H,11,12). The van der Waals surface area contributed by atoms with Gasteiger partial charge in [-0.15, -0.1) is 0 Å². The molecule has 70 valence electrons. The third-order valence-electron chi connectivity index (χ3n) is 2.31. The van der Waals surface area contributed by atoms with Crippen LogP contribution in [0.4, 0.5) is 0 Å². The highest BCUT2D eigenvalue weighted by Crippen LogP contribution is 2.37. The van der Waals surface area contributed by atoms with E-state index < -0.39 is 9.51 Å². The molecular formula is C8H14INO2. The lowest BCUT2D eigenvalue weighted by molar-refractivity contribution is -0.143. The van der Waals surface area contributed by atoms with E-state index in [1.165, 1.54) is 0 Å². The molecule has 1 N–H and O–H groups in total. The van der Waals surface area contributed by atoms with Crippen LogP contribution in [0, 0.1) is 0 Å². The monoisotopic (exact) mass is 283 g/mol. The fraction of sp³-hybridized carbons (Fsp3) is 0.875. The third kappa shape index (κ3) is 1.59. The summed E-state index contributed by atoms with van der Waals surface area (Å²) in [6, 6.07) is 0.320. The second-order valence-electron chi connectivity index (χ2n) is 3.46. The Hall–Kier alpha value is 0.160. The van der Waals surface area contributed by atoms with Crippen molar-refractivity contribution < 1.29 is 9.90 Å². The van der Waals surface area contributed by atoms with Gasteiger partial charge in [-0.1, -0.05) is 0 Å². The van der Waals surface area contributed by atoms with E-state index in [1.54, 1.807) is 0 Å². The maximum atomic E-state index is 11.0. The summed E-state index contributed by atoms with van der Waals surface area (Å²) in [5, 5.41) is 9.04. The first-order valence-electron chi connectivity index (χ1n) is 4.17. The Morgan fingerprint density at radius 1 is 1.67 bits per heavy atom. The lowest BCUT2D eigenvalue weighted by Gasteiger charge is -2.32. The first-order chi connectivity index (χ1) is 5.48. The minimum atomic E-state index is -0.700. The number of rotatable bonds is 2. The van der Waals surface area contributed by atoms with Gasteiger partial charge in [0, 0.05) is 12.6 Å². The van der Waals surface area contributed by atoms with Crippen LogP contribution in [0.3, 0.4) is 0 Å². The molecule has 0 spiro atoms. The summed E-state index contributed by atoms with van der Waals surface area (Å²) in [6.45, 7) is 5.00. The average Bonchev–Trinajstić information content (AvgIpc) is 2.32. The van der Waals surface area contributed by atoms with Crippen LogP contribution in [0.1, 0.15) is 26.7 Å². The zero-order chi connectivity index (χ0) is 9.35. The van der Waals surface area contributed by atoms with E-state index in [-0.39, 0.29) is 0 Å².